The van der Waals surface area contributed by atoms with Crippen molar-refractivity contribution in [1.82, 2.24) is 0 Å². The Hall–Kier alpha value is -1.07. The summed E-state index contributed by atoms with van der Waals surface area (Å²) >= 11 is 0. The minimum Gasteiger partial charge on any atom is -0.393 e. The van der Waals surface area contributed by atoms with E-state index in [9.17, 15) is 24.6 Å². The number of hydrogen-bond donors (Lipinski definition) is 2. The van der Waals surface area contributed by atoms with E-state index in [1.54, 1.807) is 0 Å². The number of aliphatic hydroxyl groups excluding tert-OH is 2. The van der Waals surface area contributed by atoms with Crippen LogP contribution in [0.15, 0.2) is 0 Å². The van der Waals surface area contributed by atoms with E-state index in [1.165, 1.54) is 0 Å². The van der Waals surface area contributed by atoms with Gasteiger partial charge >= 0.3 is 0 Å². The first-order valence-electron chi connectivity index (χ1n) is 10.2. The predicted molar refractivity (Wildman–Crippen MR) is 94.1 cm³/mol. The monoisotopic (exact) mass is 362 g/mol. The fraction of sp³-hybridized carbons (Fsp3) is 0.857. The highest BCUT2D eigenvalue weighted by molar-refractivity contribution is 5.87. The highest BCUT2D eigenvalue weighted by Crippen LogP contribution is 2.66. The van der Waals surface area contributed by atoms with Crippen molar-refractivity contribution in [3.63, 3.8) is 0 Å². The molecule has 0 amide bonds. The van der Waals surface area contributed by atoms with Crippen molar-refractivity contribution < 1.29 is 24.6 Å². The number of hydrogen-bond acceptors (Lipinski definition) is 5. The van der Waals surface area contributed by atoms with Crippen molar-refractivity contribution in [2.75, 3.05) is 6.61 Å². The number of carbonyl (C=O) groups is 3. The Balaban J connectivity index is 1.70. The zero-order valence-corrected chi connectivity index (χ0v) is 15.5. The molecule has 0 heterocycles. The van der Waals surface area contributed by atoms with Crippen LogP contribution in [0.2, 0.25) is 0 Å². The van der Waals surface area contributed by atoms with Crippen molar-refractivity contribution in [2.45, 2.75) is 64.4 Å². The van der Waals surface area contributed by atoms with Gasteiger partial charge in [-0.1, -0.05) is 6.92 Å². The standard InChI is InChI=1S/C21H30O5/c1-20-7-6-13(24)8-12(20)2-3-14-15-4-5-16(18(26)10-22)21(15,11-23)9-17(25)19(14)20/h11-12,14-17,19,22,25H,2-10H2,1H3/t12-,14+,15+,16-,17+,19-,20+,21-/m1/s1. The highest BCUT2D eigenvalue weighted by atomic mass is 16.3. The third-order valence-electron chi connectivity index (χ3n) is 8.78. The van der Waals surface area contributed by atoms with Gasteiger partial charge in [0.25, 0.3) is 0 Å². The van der Waals surface area contributed by atoms with E-state index in [2.05, 4.69) is 6.92 Å². The number of ketones is 2. The van der Waals surface area contributed by atoms with Crippen molar-refractivity contribution in [3.05, 3.63) is 0 Å². The van der Waals surface area contributed by atoms with Crippen LogP contribution < -0.4 is 0 Å². The molecule has 26 heavy (non-hydrogen) atoms. The molecule has 5 heteroatoms. The fourth-order valence-electron chi connectivity index (χ4n) is 7.66. The van der Waals surface area contributed by atoms with Crippen molar-refractivity contribution in [2.24, 2.45) is 40.4 Å². The van der Waals surface area contributed by atoms with Crippen LogP contribution in [0.5, 0.6) is 0 Å². The van der Waals surface area contributed by atoms with Gasteiger partial charge in [0.1, 0.15) is 18.7 Å². The van der Waals surface area contributed by atoms with E-state index in [-0.39, 0.29) is 29.0 Å². The molecule has 2 N–H and O–H groups in total. The maximum Gasteiger partial charge on any atom is 0.162 e. The van der Waals surface area contributed by atoms with E-state index >= 15 is 0 Å². The molecule has 4 aliphatic carbocycles. The molecule has 4 saturated carbocycles. The predicted octanol–water partition coefficient (Wildman–Crippen LogP) is 1.93. The first-order chi connectivity index (χ1) is 12.4. The molecule has 0 spiro atoms. The molecule has 5 nitrogen and oxygen atoms in total. The number of carbonyl (C=O) groups excluding carboxylic acids is 3. The number of rotatable bonds is 3. The van der Waals surface area contributed by atoms with Crippen LogP contribution in [0.3, 0.4) is 0 Å². The van der Waals surface area contributed by atoms with E-state index in [1.807, 2.05) is 0 Å². The minimum absolute atomic E-state index is 0.0512. The summed E-state index contributed by atoms with van der Waals surface area (Å²) in [6, 6.07) is 0. The van der Waals surface area contributed by atoms with Crippen LogP contribution in [0, 0.1) is 40.4 Å². The van der Waals surface area contributed by atoms with Crippen molar-refractivity contribution >= 4 is 17.9 Å². The van der Waals surface area contributed by atoms with Gasteiger partial charge in [-0.25, -0.2) is 0 Å². The lowest BCUT2D eigenvalue weighted by Crippen LogP contribution is -2.60. The van der Waals surface area contributed by atoms with Gasteiger partial charge in [0, 0.05) is 24.2 Å². The molecule has 0 bridgehead atoms. The Morgan fingerprint density at radius 1 is 1.27 bits per heavy atom. The second-order valence-electron chi connectivity index (χ2n) is 9.58. The molecule has 4 fully saturated rings. The molecule has 8 atom stereocenters. The third kappa shape index (κ3) is 2.32. The number of fused-ring (bicyclic) bond motifs is 5. The van der Waals surface area contributed by atoms with Gasteiger partial charge in [0.2, 0.25) is 0 Å². The molecule has 144 valence electrons. The summed E-state index contributed by atoms with van der Waals surface area (Å²) in [4.78, 5) is 36.5. The van der Waals surface area contributed by atoms with Crippen LogP contribution in [0.1, 0.15) is 58.3 Å². The van der Waals surface area contributed by atoms with E-state index in [0.717, 1.165) is 32.0 Å². The number of aldehydes is 1. The molecule has 0 aliphatic heterocycles. The molecular formula is C21H30O5. The van der Waals surface area contributed by atoms with Crippen LogP contribution in [-0.2, 0) is 14.4 Å². The maximum atomic E-state index is 12.3. The molecule has 0 aromatic carbocycles. The van der Waals surface area contributed by atoms with Crippen LogP contribution in [-0.4, -0.2) is 40.8 Å². The van der Waals surface area contributed by atoms with Gasteiger partial charge in [0.15, 0.2) is 5.78 Å². The van der Waals surface area contributed by atoms with Gasteiger partial charge < -0.3 is 15.0 Å². The molecule has 0 aromatic rings. The molecular weight excluding hydrogens is 332 g/mol. The lowest BCUT2D eigenvalue weighted by atomic mass is 9.44. The second kappa shape index (κ2) is 6.23. The zero-order chi connectivity index (χ0) is 18.7. The Kier molecular flexibility index (Phi) is 4.39. The lowest BCUT2D eigenvalue weighted by molar-refractivity contribution is -0.178. The summed E-state index contributed by atoms with van der Waals surface area (Å²) in [5.74, 6) is 0.416. The molecule has 0 unspecified atom stereocenters. The fourth-order valence-corrected chi connectivity index (χ4v) is 7.66. The summed E-state index contributed by atoms with van der Waals surface area (Å²) in [6.07, 6.45) is 6.05. The molecule has 0 radical (unpaired) electrons. The van der Waals surface area contributed by atoms with E-state index in [0.29, 0.717) is 37.4 Å². The van der Waals surface area contributed by atoms with Gasteiger partial charge in [-0.05, 0) is 67.6 Å². The normalized spacial score (nSPS) is 50.5. The van der Waals surface area contributed by atoms with Gasteiger partial charge in [-0.15, -0.1) is 0 Å². The summed E-state index contributed by atoms with van der Waals surface area (Å²) in [5, 5.41) is 20.5. The first-order valence-corrected chi connectivity index (χ1v) is 10.2. The molecule has 0 saturated heterocycles. The van der Waals surface area contributed by atoms with Gasteiger partial charge in [-0.3, -0.25) is 9.59 Å². The minimum atomic E-state index is -0.811. The number of aliphatic hydroxyl groups is 2. The average Bonchev–Trinajstić information content (AvgIpc) is 3.00. The van der Waals surface area contributed by atoms with Crippen LogP contribution in [0.25, 0.3) is 0 Å². The van der Waals surface area contributed by atoms with Crippen molar-refractivity contribution in [3.8, 4) is 0 Å². The van der Waals surface area contributed by atoms with Crippen LogP contribution >= 0.6 is 0 Å². The Morgan fingerprint density at radius 2 is 2.04 bits per heavy atom. The summed E-state index contributed by atoms with van der Waals surface area (Å²) in [6.45, 7) is 1.71. The van der Waals surface area contributed by atoms with E-state index < -0.39 is 24.0 Å². The van der Waals surface area contributed by atoms with Gasteiger partial charge in [-0.2, -0.15) is 0 Å². The SMILES string of the molecule is C[C@]12CCC(=O)C[C@H]1CC[C@@H]1[C@@H]2[C@@H](O)C[C@]2(C=O)[C@@H](C(=O)CO)CC[C@@H]12. The summed E-state index contributed by atoms with van der Waals surface area (Å²) in [5.41, 5.74) is -0.863. The number of Topliss-reactive ketones (excluding diaryl/α,β-unsaturated/α-hetero) is 2. The zero-order valence-electron chi connectivity index (χ0n) is 15.5. The van der Waals surface area contributed by atoms with Crippen LogP contribution in [0.4, 0.5) is 0 Å². The smallest absolute Gasteiger partial charge is 0.162 e. The van der Waals surface area contributed by atoms with E-state index in [4.69, 9.17) is 0 Å². The quantitative estimate of drug-likeness (QED) is 0.749. The second-order valence-corrected chi connectivity index (χ2v) is 9.58. The lowest BCUT2D eigenvalue weighted by Gasteiger charge is -2.61. The first kappa shape index (κ1) is 18.3. The van der Waals surface area contributed by atoms with Crippen molar-refractivity contribution in [1.29, 1.82) is 0 Å². The van der Waals surface area contributed by atoms with Gasteiger partial charge in [0.05, 0.1) is 6.10 Å². The largest absolute Gasteiger partial charge is 0.393 e. The average molecular weight is 362 g/mol. The summed E-state index contributed by atoms with van der Waals surface area (Å²) < 4.78 is 0. The maximum absolute atomic E-state index is 12.3. The Labute approximate surface area is 154 Å². The molecule has 0 aromatic heterocycles. The molecule has 4 aliphatic rings. The Morgan fingerprint density at radius 3 is 2.73 bits per heavy atom. The third-order valence-corrected chi connectivity index (χ3v) is 8.78. The molecule has 4 rings (SSSR count). The Bertz CT molecular complexity index is 630. The summed E-state index contributed by atoms with van der Waals surface area (Å²) in [7, 11) is 0. The topological polar surface area (TPSA) is 91.7 Å². The highest BCUT2D eigenvalue weighted by Gasteiger charge is 2.65.